The summed E-state index contributed by atoms with van der Waals surface area (Å²) in [5.74, 6) is -2.19. The molecule has 35 heavy (non-hydrogen) atoms. The van der Waals surface area contributed by atoms with Gasteiger partial charge in [0, 0.05) is 27.1 Å². The first-order chi connectivity index (χ1) is 16.7. The van der Waals surface area contributed by atoms with Crippen molar-refractivity contribution in [1.29, 1.82) is 0 Å². The molecule has 0 aliphatic rings. The molecule has 178 valence electrons. The molecule has 0 saturated heterocycles. The predicted molar refractivity (Wildman–Crippen MR) is 141 cm³/mol. The Balaban J connectivity index is 1.56. The lowest BCUT2D eigenvalue weighted by atomic mass is 10.1. The van der Waals surface area contributed by atoms with Crippen LogP contribution in [0.5, 0.6) is 0 Å². The fourth-order valence-corrected chi connectivity index (χ4v) is 3.94. The van der Waals surface area contributed by atoms with E-state index in [0.29, 0.717) is 21.6 Å². The highest BCUT2D eigenvalue weighted by molar-refractivity contribution is 9.10. The summed E-state index contributed by atoms with van der Waals surface area (Å²) in [6, 6.07) is 19.6. The number of nitrogens with one attached hydrogen (secondary N) is 3. The summed E-state index contributed by atoms with van der Waals surface area (Å²) in [5, 5.41) is 6.54. The number of halogens is 2. The van der Waals surface area contributed by atoms with E-state index in [-0.39, 0.29) is 12.2 Å². The van der Waals surface area contributed by atoms with Gasteiger partial charge < -0.3 is 10.6 Å². The average molecular weight is 554 g/mol. The number of hydrogen-bond donors (Lipinski definition) is 3. The van der Waals surface area contributed by atoms with E-state index in [0.717, 1.165) is 21.2 Å². The fourth-order valence-electron chi connectivity index (χ4n) is 3.51. The van der Waals surface area contributed by atoms with E-state index in [1.807, 2.05) is 50.2 Å². The normalized spacial score (nSPS) is 10.7. The Kier molecular flexibility index (Phi) is 7.23. The lowest BCUT2D eigenvalue weighted by molar-refractivity contribution is -0.136. The predicted octanol–water partition coefficient (Wildman–Crippen LogP) is 5.31. The Morgan fingerprint density at radius 1 is 0.914 bits per heavy atom. The van der Waals surface area contributed by atoms with Crippen LogP contribution in [0.3, 0.4) is 0 Å². The standard InChI is InChI=1S/C26H22BrClN4O3/c1-15-3-5-17(6-4-15)14-29-25(34)26(35)31-32-22-10-7-19(28)12-18(22)13-23(32)24(33)30-20-8-9-21(27)16(2)11-20/h3-13H,14H2,1-2H3,(H,29,34)(H,30,33)(H,31,35). The summed E-state index contributed by atoms with van der Waals surface area (Å²) in [5.41, 5.74) is 6.71. The zero-order chi connectivity index (χ0) is 25.1. The number of hydrogen-bond acceptors (Lipinski definition) is 3. The Labute approximate surface area is 215 Å². The van der Waals surface area contributed by atoms with Gasteiger partial charge in [0.1, 0.15) is 5.69 Å². The Bertz CT molecular complexity index is 1450. The lowest BCUT2D eigenvalue weighted by Gasteiger charge is -2.13. The van der Waals surface area contributed by atoms with Crippen molar-refractivity contribution in [1.82, 2.24) is 9.99 Å². The van der Waals surface area contributed by atoms with Crippen LogP contribution in [0.25, 0.3) is 10.9 Å². The van der Waals surface area contributed by atoms with Crippen molar-refractivity contribution in [3.05, 3.63) is 98.6 Å². The van der Waals surface area contributed by atoms with E-state index in [1.54, 1.807) is 30.3 Å². The van der Waals surface area contributed by atoms with Gasteiger partial charge in [-0.1, -0.05) is 57.4 Å². The Morgan fingerprint density at radius 3 is 2.37 bits per heavy atom. The summed E-state index contributed by atoms with van der Waals surface area (Å²) >= 11 is 9.56. The van der Waals surface area contributed by atoms with Crippen LogP contribution >= 0.6 is 27.5 Å². The SMILES string of the molecule is Cc1ccc(CNC(=O)C(=O)Nn2c(C(=O)Nc3ccc(Br)c(C)c3)cc3cc(Cl)ccc32)cc1. The quantitative estimate of drug-likeness (QED) is 0.292. The molecule has 3 amide bonds. The number of nitrogens with zero attached hydrogens (tertiary/aromatic N) is 1. The highest BCUT2D eigenvalue weighted by Crippen LogP contribution is 2.25. The van der Waals surface area contributed by atoms with Gasteiger partial charge in [0.15, 0.2) is 0 Å². The second kappa shape index (κ2) is 10.3. The Hall–Kier alpha value is -3.62. The fraction of sp³-hybridized carbons (Fsp3) is 0.115. The van der Waals surface area contributed by atoms with Gasteiger partial charge in [0.05, 0.1) is 5.52 Å². The van der Waals surface area contributed by atoms with Crippen molar-refractivity contribution in [3.63, 3.8) is 0 Å². The summed E-state index contributed by atoms with van der Waals surface area (Å²) in [6.45, 7) is 4.08. The number of carbonyl (C=O) groups is 3. The second-order valence-electron chi connectivity index (χ2n) is 8.10. The molecule has 0 unspecified atom stereocenters. The van der Waals surface area contributed by atoms with Gasteiger partial charge in [-0.2, -0.15) is 0 Å². The molecule has 9 heteroatoms. The molecule has 0 saturated carbocycles. The van der Waals surface area contributed by atoms with E-state index in [4.69, 9.17) is 11.6 Å². The van der Waals surface area contributed by atoms with Crippen molar-refractivity contribution < 1.29 is 14.4 Å². The zero-order valence-electron chi connectivity index (χ0n) is 19.0. The molecule has 1 aromatic heterocycles. The molecule has 0 aliphatic carbocycles. The molecule has 0 aliphatic heterocycles. The molecule has 0 atom stereocenters. The van der Waals surface area contributed by atoms with Crippen LogP contribution in [0.15, 0.2) is 71.2 Å². The van der Waals surface area contributed by atoms with Crippen molar-refractivity contribution in [2.45, 2.75) is 20.4 Å². The molecule has 3 N–H and O–H groups in total. The number of rotatable bonds is 5. The van der Waals surface area contributed by atoms with Crippen molar-refractivity contribution in [2.24, 2.45) is 0 Å². The smallest absolute Gasteiger partial charge is 0.328 e. The van der Waals surface area contributed by atoms with Crippen LogP contribution in [0, 0.1) is 13.8 Å². The van der Waals surface area contributed by atoms with Gasteiger partial charge >= 0.3 is 11.8 Å². The van der Waals surface area contributed by atoms with Crippen LogP contribution < -0.4 is 16.1 Å². The van der Waals surface area contributed by atoms with Crippen molar-refractivity contribution in [2.75, 3.05) is 10.7 Å². The molecule has 0 fully saturated rings. The van der Waals surface area contributed by atoms with Gasteiger partial charge in [-0.25, -0.2) is 4.68 Å². The molecular formula is C26H22BrClN4O3. The molecule has 4 aromatic rings. The minimum Gasteiger partial charge on any atom is -0.344 e. The summed E-state index contributed by atoms with van der Waals surface area (Å²) in [6.07, 6.45) is 0. The van der Waals surface area contributed by atoms with E-state index in [9.17, 15) is 14.4 Å². The number of carbonyl (C=O) groups excluding carboxylic acids is 3. The largest absolute Gasteiger partial charge is 0.344 e. The van der Waals surface area contributed by atoms with Crippen molar-refractivity contribution >= 4 is 61.8 Å². The minimum atomic E-state index is -0.905. The van der Waals surface area contributed by atoms with E-state index in [1.165, 1.54) is 4.68 Å². The second-order valence-corrected chi connectivity index (χ2v) is 9.39. The Morgan fingerprint density at radius 2 is 1.66 bits per heavy atom. The van der Waals surface area contributed by atoms with Gasteiger partial charge in [0.25, 0.3) is 5.91 Å². The summed E-state index contributed by atoms with van der Waals surface area (Å²) in [4.78, 5) is 38.3. The molecule has 3 aromatic carbocycles. The number of aryl methyl sites for hydroxylation is 2. The highest BCUT2D eigenvalue weighted by atomic mass is 79.9. The summed E-state index contributed by atoms with van der Waals surface area (Å²) < 4.78 is 2.21. The maximum absolute atomic E-state index is 13.1. The highest BCUT2D eigenvalue weighted by Gasteiger charge is 2.21. The molecule has 0 radical (unpaired) electrons. The third kappa shape index (κ3) is 5.72. The molecule has 0 spiro atoms. The van der Waals surface area contributed by atoms with E-state index < -0.39 is 17.7 Å². The van der Waals surface area contributed by atoms with E-state index in [2.05, 4.69) is 32.0 Å². The molecule has 4 rings (SSSR count). The first-order valence-corrected chi connectivity index (χ1v) is 11.9. The zero-order valence-corrected chi connectivity index (χ0v) is 21.3. The van der Waals surface area contributed by atoms with Crippen LogP contribution in [0.2, 0.25) is 5.02 Å². The number of anilines is 1. The molecule has 1 heterocycles. The van der Waals surface area contributed by atoms with Gasteiger partial charge in [0.2, 0.25) is 0 Å². The summed E-state index contributed by atoms with van der Waals surface area (Å²) in [7, 11) is 0. The van der Waals surface area contributed by atoms with Gasteiger partial charge in [-0.15, -0.1) is 0 Å². The minimum absolute atomic E-state index is 0.141. The van der Waals surface area contributed by atoms with Crippen molar-refractivity contribution in [3.8, 4) is 0 Å². The van der Waals surface area contributed by atoms with Gasteiger partial charge in [-0.3, -0.25) is 19.8 Å². The topological polar surface area (TPSA) is 92.2 Å². The number of benzene rings is 3. The monoisotopic (exact) mass is 552 g/mol. The third-order valence-electron chi connectivity index (χ3n) is 5.41. The molecule has 7 nitrogen and oxygen atoms in total. The average Bonchev–Trinajstić information content (AvgIpc) is 3.18. The number of amides is 3. The van der Waals surface area contributed by atoms with E-state index >= 15 is 0 Å². The maximum atomic E-state index is 13.1. The third-order valence-corrected chi connectivity index (χ3v) is 6.53. The van der Waals surface area contributed by atoms with Crippen LogP contribution in [-0.2, 0) is 16.1 Å². The van der Waals surface area contributed by atoms with Crippen LogP contribution in [0.4, 0.5) is 5.69 Å². The number of fused-ring (bicyclic) bond motifs is 1. The maximum Gasteiger partial charge on any atom is 0.328 e. The van der Waals surface area contributed by atoms with Gasteiger partial charge in [-0.05, 0) is 67.4 Å². The molecular weight excluding hydrogens is 532 g/mol. The van der Waals surface area contributed by atoms with Crippen LogP contribution in [0.1, 0.15) is 27.2 Å². The first kappa shape index (κ1) is 24.5. The first-order valence-electron chi connectivity index (χ1n) is 10.7. The number of aromatic nitrogens is 1. The van der Waals surface area contributed by atoms with Crippen LogP contribution in [-0.4, -0.2) is 22.4 Å². The lowest BCUT2D eigenvalue weighted by Crippen LogP contribution is -2.39. The molecule has 0 bridgehead atoms.